The molecule has 0 unspecified atom stereocenters. The van der Waals surface area contributed by atoms with Gasteiger partial charge in [0, 0.05) is 12.6 Å². The second-order valence-corrected chi connectivity index (χ2v) is 11.7. The van der Waals surface area contributed by atoms with Gasteiger partial charge in [-0.2, -0.15) is 0 Å². The maximum absolute atomic E-state index is 14.7. The average molecular weight is 542 g/mol. The first-order chi connectivity index (χ1) is 19.1. The van der Waals surface area contributed by atoms with Crippen LogP contribution in [0.15, 0.2) is 72.1 Å². The highest BCUT2D eigenvalue weighted by atomic mass is 32.1. The van der Waals surface area contributed by atoms with E-state index in [9.17, 15) is 9.59 Å². The van der Waals surface area contributed by atoms with Crippen LogP contribution in [0.2, 0.25) is 0 Å². The van der Waals surface area contributed by atoms with E-state index in [1.807, 2.05) is 66.0 Å². The minimum Gasteiger partial charge on any atom is -0.497 e. The molecule has 1 atom stereocenters. The number of amides is 2. The number of ether oxygens (including phenoxy) is 1. The van der Waals surface area contributed by atoms with E-state index in [0.29, 0.717) is 18.8 Å². The number of thiophene rings is 1. The van der Waals surface area contributed by atoms with E-state index in [0.717, 1.165) is 52.8 Å². The van der Waals surface area contributed by atoms with E-state index in [4.69, 9.17) is 4.74 Å². The third-order valence-electron chi connectivity index (χ3n) is 8.40. The monoisotopic (exact) mass is 541 g/mol. The molecule has 1 N–H and O–H groups in total. The fourth-order valence-corrected chi connectivity index (χ4v) is 7.08. The molecule has 0 spiro atoms. The smallest absolute Gasteiger partial charge is 0.272 e. The lowest BCUT2D eigenvalue weighted by Crippen LogP contribution is -2.64. The normalized spacial score (nSPS) is 20.3. The SMILES string of the molecule is COc1ccc(CN2C(=O)c3cc4sccc4n3C[C@]2(C(=O)NC2CCCCCCC2)c2ccccc2)cc1. The van der Waals surface area contributed by atoms with Gasteiger partial charge in [0.25, 0.3) is 11.8 Å². The van der Waals surface area contributed by atoms with Gasteiger partial charge in [0.2, 0.25) is 0 Å². The third-order valence-corrected chi connectivity index (χ3v) is 9.25. The summed E-state index contributed by atoms with van der Waals surface area (Å²) in [5.41, 5.74) is 2.23. The molecule has 0 bridgehead atoms. The van der Waals surface area contributed by atoms with Crippen molar-refractivity contribution in [2.24, 2.45) is 0 Å². The molecule has 2 aromatic heterocycles. The summed E-state index contributed by atoms with van der Waals surface area (Å²) in [6.45, 7) is 0.682. The van der Waals surface area contributed by atoms with Gasteiger partial charge in [-0.3, -0.25) is 9.59 Å². The minimum atomic E-state index is -1.19. The van der Waals surface area contributed by atoms with E-state index < -0.39 is 5.54 Å². The molecular formula is C32H35N3O3S. The summed E-state index contributed by atoms with van der Waals surface area (Å²) in [5, 5.41) is 5.50. The number of benzene rings is 2. The van der Waals surface area contributed by atoms with E-state index in [1.54, 1.807) is 23.3 Å². The van der Waals surface area contributed by atoms with Gasteiger partial charge < -0.3 is 19.5 Å². The van der Waals surface area contributed by atoms with Gasteiger partial charge in [-0.05, 0) is 53.6 Å². The van der Waals surface area contributed by atoms with Gasteiger partial charge in [-0.15, -0.1) is 11.3 Å². The number of hydrogen-bond donors (Lipinski definition) is 1. The standard InChI is InChI=1S/C32H35N3O3S/c1-38-26-16-14-23(15-17-26)21-35-30(36)28-20-29-27(18-19-39-29)34(28)22-32(35,24-10-6-5-7-11-24)31(37)33-25-12-8-3-2-4-9-13-25/h5-7,10-11,14-20,25H,2-4,8-9,12-13,21-22H2,1H3,(H,33,37)/t32-/m1/s1. The predicted octanol–water partition coefficient (Wildman–Crippen LogP) is 6.49. The van der Waals surface area contributed by atoms with Crippen LogP contribution in [0.25, 0.3) is 10.2 Å². The molecule has 2 aliphatic rings. The second-order valence-electron chi connectivity index (χ2n) is 10.8. The molecule has 1 aliphatic heterocycles. The zero-order chi connectivity index (χ0) is 26.8. The molecule has 1 saturated carbocycles. The van der Waals surface area contributed by atoms with Crippen LogP contribution in [0.1, 0.15) is 66.6 Å². The summed E-state index contributed by atoms with van der Waals surface area (Å²) in [6.07, 6.45) is 7.89. The van der Waals surface area contributed by atoms with E-state index in [1.165, 1.54) is 19.3 Å². The van der Waals surface area contributed by atoms with Crippen molar-refractivity contribution < 1.29 is 14.3 Å². The van der Waals surface area contributed by atoms with Gasteiger partial charge in [0.1, 0.15) is 11.4 Å². The Morgan fingerprint density at radius 2 is 1.72 bits per heavy atom. The summed E-state index contributed by atoms with van der Waals surface area (Å²) in [4.78, 5) is 30.9. The number of fused-ring (bicyclic) bond motifs is 3. The van der Waals surface area contributed by atoms with Crippen LogP contribution in [0.4, 0.5) is 0 Å². The Hall–Kier alpha value is -3.58. The Bertz CT molecular complexity index is 1450. The largest absolute Gasteiger partial charge is 0.497 e. The van der Waals surface area contributed by atoms with Crippen molar-refractivity contribution in [3.8, 4) is 5.75 Å². The quantitative estimate of drug-likeness (QED) is 0.303. The number of methoxy groups -OCH3 is 1. The Balaban J connectivity index is 1.48. The molecule has 2 amide bonds. The lowest BCUT2D eigenvalue weighted by Gasteiger charge is -2.47. The van der Waals surface area contributed by atoms with Crippen LogP contribution in [-0.4, -0.2) is 34.4 Å². The number of hydrogen-bond acceptors (Lipinski definition) is 4. The molecule has 1 fully saturated rings. The maximum Gasteiger partial charge on any atom is 0.272 e. The predicted molar refractivity (Wildman–Crippen MR) is 155 cm³/mol. The van der Waals surface area contributed by atoms with Crippen LogP contribution < -0.4 is 10.1 Å². The topological polar surface area (TPSA) is 63.6 Å². The van der Waals surface area contributed by atoms with Crippen molar-refractivity contribution in [3.05, 3.63) is 88.9 Å². The highest BCUT2D eigenvalue weighted by Crippen LogP contribution is 2.41. The molecule has 202 valence electrons. The number of carbonyl (C=O) groups excluding carboxylic acids is 2. The van der Waals surface area contributed by atoms with Crippen LogP contribution in [0.5, 0.6) is 5.75 Å². The Morgan fingerprint density at radius 3 is 2.44 bits per heavy atom. The lowest BCUT2D eigenvalue weighted by atomic mass is 9.83. The zero-order valence-corrected chi connectivity index (χ0v) is 23.2. The molecule has 7 heteroatoms. The van der Waals surface area contributed by atoms with Crippen LogP contribution in [0, 0.1) is 0 Å². The van der Waals surface area contributed by atoms with Gasteiger partial charge >= 0.3 is 0 Å². The molecule has 0 radical (unpaired) electrons. The number of nitrogens with one attached hydrogen (secondary N) is 1. The minimum absolute atomic E-state index is 0.0936. The molecular weight excluding hydrogens is 506 g/mol. The summed E-state index contributed by atoms with van der Waals surface area (Å²) >= 11 is 1.62. The zero-order valence-electron chi connectivity index (χ0n) is 22.4. The van der Waals surface area contributed by atoms with Gasteiger partial charge in [-0.1, -0.05) is 74.6 Å². The first-order valence-corrected chi connectivity index (χ1v) is 14.9. The molecule has 0 saturated heterocycles. The molecule has 3 heterocycles. The average Bonchev–Trinajstić information content (AvgIpc) is 3.55. The van der Waals surface area contributed by atoms with Gasteiger partial charge in [0.15, 0.2) is 5.54 Å². The summed E-state index contributed by atoms with van der Waals surface area (Å²) in [5.74, 6) is 0.537. The molecule has 39 heavy (non-hydrogen) atoms. The van der Waals surface area contributed by atoms with Gasteiger partial charge in [-0.25, -0.2) is 0 Å². The van der Waals surface area contributed by atoms with E-state index in [2.05, 4.69) is 16.0 Å². The first-order valence-electron chi connectivity index (χ1n) is 14.0. The molecule has 2 aromatic carbocycles. The summed E-state index contributed by atoms with van der Waals surface area (Å²) < 4.78 is 8.48. The first kappa shape index (κ1) is 25.7. The Morgan fingerprint density at radius 1 is 1.00 bits per heavy atom. The van der Waals surface area contributed by atoms with Crippen molar-refractivity contribution >= 4 is 33.4 Å². The second kappa shape index (κ2) is 10.9. The number of carbonyl (C=O) groups is 2. The van der Waals surface area contributed by atoms with Crippen LogP contribution in [0.3, 0.4) is 0 Å². The van der Waals surface area contributed by atoms with E-state index >= 15 is 0 Å². The highest BCUT2D eigenvalue weighted by Gasteiger charge is 2.52. The van der Waals surface area contributed by atoms with Crippen molar-refractivity contribution in [2.75, 3.05) is 7.11 Å². The summed E-state index contributed by atoms with van der Waals surface area (Å²) in [7, 11) is 1.64. The fraction of sp³-hybridized carbons (Fsp3) is 0.375. The Kier molecular flexibility index (Phi) is 7.17. The highest BCUT2D eigenvalue weighted by molar-refractivity contribution is 7.17. The molecule has 6 rings (SSSR count). The van der Waals surface area contributed by atoms with E-state index in [-0.39, 0.29) is 17.9 Å². The number of aromatic nitrogens is 1. The third kappa shape index (κ3) is 4.73. The molecule has 6 nitrogen and oxygen atoms in total. The molecule has 4 aromatic rings. The van der Waals surface area contributed by atoms with Crippen LogP contribution in [-0.2, 0) is 23.4 Å². The fourth-order valence-electron chi connectivity index (χ4n) is 6.26. The van der Waals surface area contributed by atoms with Crippen molar-refractivity contribution in [1.82, 2.24) is 14.8 Å². The van der Waals surface area contributed by atoms with Gasteiger partial charge in [0.05, 0.1) is 23.9 Å². The van der Waals surface area contributed by atoms with Crippen molar-refractivity contribution in [3.63, 3.8) is 0 Å². The molecule has 1 aliphatic carbocycles. The maximum atomic E-state index is 14.7. The number of nitrogens with zero attached hydrogens (tertiary/aromatic N) is 2. The number of rotatable bonds is 6. The lowest BCUT2D eigenvalue weighted by molar-refractivity contribution is -0.136. The van der Waals surface area contributed by atoms with Crippen molar-refractivity contribution in [1.29, 1.82) is 0 Å². The Labute approximate surface area is 233 Å². The summed E-state index contributed by atoms with van der Waals surface area (Å²) in [6, 6.07) is 21.8. The van der Waals surface area contributed by atoms with Crippen molar-refractivity contribution in [2.45, 2.75) is 69.6 Å². The van der Waals surface area contributed by atoms with Crippen LogP contribution >= 0.6 is 11.3 Å².